The van der Waals surface area contributed by atoms with E-state index in [1.807, 2.05) is 0 Å². The van der Waals surface area contributed by atoms with Crippen molar-refractivity contribution in [1.82, 2.24) is 5.32 Å². The van der Waals surface area contributed by atoms with E-state index in [2.05, 4.69) is 5.32 Å². The summed E-state index contributed by atoms with van der Waals surface area (Å²) in [5.41, 5.74) is 0. The SMILES string of the molecule is CC(C)[C@@H](NC(=O)c1sccc1Cl)C(=O)O. The minimum atomic E-state index is -1.05. The van der Waals surface area contributed by atoms with Gasteiger partial charge in [0, 0.05) is 0 Å². The molecule has 0 bridgehead atoms. The molecule has 0 aliphatic rings. The first-order chi connectivity index (χ1) is 7.43. The lowest BCUT2D eigenvalue weighted by atomic mass is 10.0. The van der Waals surface area contributed by atoms with Crippen molar-refractivity contribution in [3.8, 4) is 0 Å². The third kappa shape index (κ3) is 2.96. The van der Waals surface area contributed by atoms with Crippen LogP contribution < -0.4 is 5.32 Å². The summed E-state index contributed by atoms with van der Waals surface area (Å²) >= 11 is 6.97. The second-order valence-electron chi connectivity index (χ2n) is 3.63. The first kappa shape index (κ1) is 13.0. The number of carbonyl (C=O) groups excluding carboxylic acids is 1. The third-order valence-electron chi connectivity index (χ3n) is 2.04. The van der Waals surface area contributed by atoms with Crippen LogP contribution in [0.15, 0.2) is 11.4 Å². The molecule has 1 amide bonds. The summed E-state index contributed by atoms with van der Waals surface area (Å²) in [5.74, 6) is -1.67. The average Bonchev–Trinajstić information content (AvgIpc) is 2.59. The monoisotopic (exact) mass is 261 g/mol. The van der Waals surface area contributed by atoms with Crippen molar-refractivity contribution in [2.24, 2.45) is 5.92 Å². The highest BCUT2D eigenvalue weighted by Gasteiger charge is 2.25. The Morgan fingerprint density at radius 3 is 2.50 bits per heavy atom. The largest absolute Gasteiger partial charge is 0.480 e. The van der Waals surface area contributed by atoms with Crippen LogP contribution in [-0.2, 0) is 4.79 Å². The number of carboxylic acid groups (broad SMARTS) is 1. The van der Waals surface area contributed by atoms with Crippen LogP contribution >= 0.6 is 22.9 Å². The Labute approximate surface area is 102 Å². The van der Waals surface area contributed by atoms with Gasteiger partial charge in [-0.05, 0) is 17.4 Å². The van der Waals surface area contributed by atoms with E-state index >= 15 is 0 Å². The van der Waals surface area contributed by atoms with Crippen LogP contribution in [0.3, 0.4) is 0 Å². The number of rotatable bonds is 4. The number of amides is 1. The van der Waals surface area contributed by atoms with Crippen molar-refractivity contribution in [3.63, 3.8) is 0 Å². The molecule has 1 heterocycles. The Morgan fingerprint density at radius 2 is 2.12 bits per heavy atom. The van der Waals surface area contributed by atoms with Gasteiger partial charge in [0.05, 0.1) is 5.02 Å². The third-order valence-corrected chi connectivity index (χ3v) is 3.38. The second kappa shape index (κ2) is 5.32. The number of hydrogen-bond acceptors (Lipinski definition) is 3. The van der Waals surface area contributed by atoms with E-state index in [0.29, 0.717) is 9.90 Å². The molecular weight excluding hydrogens is 250 g/mol. The first-order valence-corrected chi connectivity index (χ1v) is 5.96. The Morgan fingerprint density at radius 1 is 1.50 bits per heavy atom. The van der Waals surface area contributed by atoms with Gasteiger partial charge in [-0.25, -0.2) is 4.79 Å². The molecule has 0 radical (unpaired) electrons. The molecule has 0 aliphatic heterocycles. The van der Waals surface area contributed by atoms with Gasteiger partial charge in [-0.2, -0.15) is 0 Å². The molecule has 0 fully saturated rings. The van der Waals surface area contributed by atoms with Crippen molar-refractivity contribution in [2.75, 3.05) is 0 Å². The van der Waals surface area contributed by atoms with Crippen molar-refractivity contribution < 1.29 is 14.7 Å². The fourth-order valence-electron chi connectivity index (χ4n) is 1.18. The summed E-state index contributed by atoms with van der Waals surface area (Å²) < 4.78 is 0. The van der Waals surface area contributed by atoms with Gasteiger partial charge >= 0.3 is 5.97 Å². The zero-order chi connectivity index (χ0) is 12.3. The Kier molecular flexibility index (Phi) is 4.32. The van der Waals surface area contributed by atoms with E-state index < -0.39 is 17.9 Å². The molecule has 0 aromatic carbocycles. The lowest BCUT2D eigenvalue weighted by Gasteiger charge is -2.17. The Balaban J connectivity index is 2.77. The zero-order valence-electron chi connectivity index (χ0n) is 8.86. The van der Waals surface area contributed by atoms with Gasteiger partial charge in [-0.15, -0.1) is 11.3 Å². The topological polar surface area (TPSA) is 66.4 Å². The van der Waals surface area contributed by atoms with Gasteiger partial charge in [0.25, 0.3) is 5.91 Å². The van der Waals surface area contributed by atoms with Crippen molar-refractivity contribution in [1.29, 1.82) is 0 Å². The van der Waals surface area contributed by atoms with Crippen LogP contribution in [0, 0.1) is 5.92 Å². The molecule has 6 heteroatoms. The van der Waals surface area contributed by atoms with E-state index in [9.17, 15) is 9.59 Å². The summed E-state index contributed by atoms with van der Waals surface area (Å²) in [6.45, 7) is 3.46. The van der Waals surface area contributed by atoms with Gasteiger partial charge in [-0.1, -0.05) is 25.4 Å². The molecule has 1 rings (SSSR count). The number of carbonyl (C=O) groups is 2. The van der Waals surface area contributed by atoms with Crippen LogP contribution in [0.5, 0.6) is 0 Å². The van der Waals surface area contributed by atoms with Crippen LogP contribution in [0.1, 0.15) is 23.5 Å². The van der Waals surface area contributed by atoms with E-state index in [1.54, 1.807) is 25.3 Å². The Bertz CT molecular complexity index is 403. The summed E-state index contributed by atoms with van der Waals surface area (Å²) in [7, 11) is 0. The molecule has 88 valence electrons. The number of thiophene rings is 1. The maximum absolute atomic E-state index is 11.7. The lowest BCUT2D eigenvalue weighted by molar-refractivity contribution is -0.140. The van der Waals surface area contributed by atoms with Crippen LogP contribution in [0.2, 0.25) is 5.02 Å². The number of carboxylic acids is 1. The molecule has 0 saturated heterocycles. The average molecular weight is 262 g/mol. The van der Waals surface area contributed by atoms with Gasteiger partial charge in [-0.3, -0.25) is 4.79 Å². The molecule has 0 unspecified atom stereocenters. The molecule has 0 saturated carbocycles. The molecule has 0 spiro atoms. The first-order valence-electron chi connectivity index (χ1n) is 4.70. The van der Waals surface area contributed by atoms with Gasteiger partial charge < -0.3 is 10.4 Å². The van der Waals surface area contributed by atoms with E-state index in [4.69, 9.17) is 16.7 Å². The van der Waals surface area contributed by atoms with Crippen molar-refractivity contribution in [3.05, 3.63) is 21.3 Å². The molecule has 0 aliphatic carbocycles. The highest BCUT2D eigenvalue weighted by molar-refractivity contribution is 7.12. The normalized spacial score (nSPS) is 12.5. The highest BCUT2D eigenvalue weighted by Crippen LogP contribution is 2.22. The fraction of sp³-hybridized carbons (Fsp3) is 0.400. The molecule has 1 aromatic heterocycles. The maximum atomic E-state index is 11.7. The lowest BCUT2D eigenvalue weighted by Crippen LogP contribution is -2.44. The van der Waals surface area contributed by atoms with Crippen LogP contribution in [-0.4, -0.2) is 23.0 Å². The molecular formula is C10H12ClNO3S. The van der Waals surface area contributed by atoms with Crippen molar-refractivity contribution in [2.45, 2.75) is 19.9 Å². The van der Waals surface area contributed by atoms with E-state index in [1.165, 1.54) is 11.3 Å². The fourth-order valence-corrected chi connectivity index (χ4v) is 2.22. The predicted molar refractivity (Wildman–Crippen MR) is 63.1 cm³/mol. The van der Waals surface area contributed by atoms with Gasteiger partial charge in [0.2, 0.25) is 0 Å². The van der Waals surface area contributed by atoms with Gasteiger partial charge in [0.1, 0.15) is 10.9 Å². The molecule has 1 atom stereocenters. The van der Waals surface area contributed by atoms with Crippen LogP contribution in [0.4, 0.5) is 0 Å². The summed E-state index contributed by atoms with van der Waals surface area (Å²) in [5, 5.41) is 13.4. The second-order valence-corrected chi connectivity index (χ2v) is 4.95. The minimum absolute atomic E-state index is 0.180. The predicted octanol–water partition coefficient (Wildman–Crippen LogP) is 2.24. The number of aliphatic carboxylic acids is 1. The summed E-state index contributed by atoms with van der Waals surface area (Å²) in [6, 6.07) is 0.706. The molecule has 4 nitrogen and oxygen atoms in total. The van der Waals surface area contributed by atoms with E-state index in [-0.39, 0.29) is 5.92 Å². The van der Waals surface area contributed by atoms with E-state index in [0.717, 1.165) is 0 Å². The minimum Gasteiger partial charge on any atom is -0.480 e. The van der Waals surface area contributed by atoms with Crippen molar-refractivity contribution >= 4 is 34.8 Å². The van der Waals surface area contributed by atoms with Crippen LogP contribution in [0.25, 0.3) is 0 Å². The number of nitrogens with one attached hydrogen (secondary N) is 1. The standard InChI is InChI=1S/C10H12ClNO3S/c1-5(2)7(10(14)15)12-9(13)8-6(11)3-4-16-8/h3-5,7H,1-2H3,(H,12,13)(H,14,15)/t7-/m1/s1. The zero-order valence-corrected chi connectivity index (χ0v) is 10.4. The summed E-state index contributed by atoms with van der Waals surface area (Å²) in [6.07, 6.45) is 0. The summed E-state index contributed by atoms with van der Waals surface area (Å²) in [4.78, 5) is 22.9. The molecule has 2 N–H and O–H groups in total. The highest BCUT2D eigenvalue weighted by atomic mass is 35.5. The number of halogens is 1. The smallest absolute Gasteiger partial charge is 0.326 e. The Hall–Kier alpha value is -1.07. The quantitative estimate of drug-likeness (QED) is 0.874. The molecule has 1 aromatic rings. The van der Waals surface area contributed by atoms with Gasteiger partial charge in [0.15, 0.2) is 0 Å². The molecule has 16 heavy (non-hydrogen) atoms. The number of hydrogen-bond donors (Lipinski definition) is 2. The maximum Gasteiger partial charge on any atom is 0.326 e.